The fourth-order valence-electron chi connectivity index (χ4n) is 7.72. The van der Waals surface area contributed by atoms with Crippen LogP contribution in [0.25, 0.3) is 38.5 Å². The maximum atomic E-state index is 15.2. The summed E-state index contributed by atoms with van der Waals surface area (Å²) in [4.78, 5) is 59.4. The Morgan fingerprint density at radius 2 is 1.42 bits per heavy atom. The molecule has 2 aliphatic rings. The van der Waals surface area contributed by atoms with Gasteiger partial charge in [0.2, 0.25) is 9.70 Å². The van der Waals surface area contributed by atoms with Crippen molar-refractivity contribution in [3.05, 3.63) is 138 Å². The molecule has 53 heavy (non-hydrogen) atoms. The minimum absolute atomic E-state index is 0.127. The van der Waals surface area contributed by atoms with Gasteiger partial charge in [-0.3, -0.25) is 23.9 Å². The largest absolute Gasteiger partial charge is 0.445 e. The Bertz CT molecular complexity index is 2420. The molecule has 11 heteroatoms. The van der Waals surface area contributed by atoms with E-state index in [4.69, 9.17) is 39.5 Å². The van der Waals surface area contributed by atoms with Crippen LogP contribution >= 0.6 is 34.8 Å². The second-order valence-corrected chi connectivity index (χ2v) is 15.8. The van der Waals surface area contributed by atoms with Gasteiger partial charge in [-0.1, -0.05) is 132 Å². The van der Waals surface area contributed by atoms with Crippen molar-refractivity contribution in [3.8, 4) is 0 Å². The molecular formula is C42H32Cl3N3O5. The van der Waals surface area contributed by atoms with Crippen LogP contribution in [0.3, 0.4) is 0 Å². The molecule has 3 heterocycles. The molecule has 6 aromatic rings. The number of carbonyl (C=O) groups excluding carboxylic acids is 4. The number of likely N-dealkylation sites (tertiary alicyclic amines) is 1. The number of aromatic nitrogens is 1. The molecule has 0 radical (unpaired) electrons. The number of halogens is 3. The van der Waals surface area contributed by atoms with Gasteiger partial charge < -0.3 is 9.64 Å². The number of benzene rings is 5. The number of ether oxygens (including phenoxy) is 1. The topological polar surface area (TPSA) is 88.9 Å². The van der Waals surface area contributed by atoms with Crippen molar-refractivity contribution in [1.82, 2.24) is 14.4 Å². The molecular weight excluding hydrogens is 733 g/mol. The monoisotopic (exact) mass is 763 g/mol. The number of hydrogen-bond donors (Lipinski definition) is 0. The van der Waals surface area contributed by atoms with Gasteiger partial charge in [0.15, 0.2) is 5.78 Å². The number of rotatable bonds is 7. The van der Waals surface area contributed by atoms with Crippen LogP contribution in [0, 0.1) is 0 Å². The van der Waals surface area contributed by atoms with Gasteiger partial charge in [0.05, 0.1) is 17.3 Å². The quantitative estimate of drug-likeness (QED) is 0.0918. The molecule has 0 saturated carbocycles. The van der Waals surface area contributed by atoms with Crippen molar-refractivity contribution >= 4 is 97.0 Å². The van der Waals surface area contributed by atoms with Gasteiger partial charge in [0.1, 0.15) is 12.6 Å². The number of amides is 2. The average molecular weight is 765 g/mol. The van der Waals surface area contributed by atoms with Crippen molar-refractivity contribution in [2.45, 2.75) is 41.7 Å². The summed E-state index contributed by atoms with van der Waals surface area (Å²) >= 11 is 17.8. The summed E-state index contributed by atoms with van der Waals surface area (Å²) in [5, 5.41) is 4.86. The van der Waals surface area contributed by atoms with Gasteiger partial charge >= 0.3 is 6.09 Å². The normalized spacial score (nSPS) is 17.2. The van der Waals surface area contributed by atoms with Crippen LogP contribution in [0.15, 0.2) is 115 Å². The number of carbonyl (C=O) groups is 4. The van der Waals surface area contributed by atoms with Gasteiger partial charge in [-0.25, -0.2) is 4.79 Å². The molecule has 0 bridgehead atoms. The maximum Gasteiger partial charge on any atom is 0.414 e. The molecule has 1 saturated heterocycles. The first-order valence-electron chi connectivity index (χ1n) is 17.2. The van der Waals surface area contributed by atoms with E-state index in [2.05, 4.69) is 6.07 Å². The summed E-state index contributed by atoms with van der Waals surface area (Å²) in [5.74, 6) is -0.709. The first-order chi connectivity index (χ1) is 25.6. The highest BCUT2D eigenvalue weighted by Gasteiger charge is 2.42. The Balaban J connectivity index is 1.24. The lowest BCUT2D eigenvalue weighted by Gasteiger charge is -2.33. The molecule has 0 aliphatic carbocycles. The summed E-state index contributed by atoms with van der Waals surface area (Å²) in [6.45, 7) is -0.305. The van der Waals surface area contributed by atoms with Gasteiger partial charge in [-0.05, 0) is 51.7 Å². The molecule has 8 rings (SSSR count). The van der Waals surface area contributed by atoms with Crippen molar-refractivity contribution in [2.24, 2.45) is 0 Å². The smallest absolute Gasteiger partial charge is 0.414 e. The molecule has 8 nitrogen and oxygen atoms in total. The molecule has 0 N–H and O–H groups in total. The molecule has 1 fully saturated rings. The molecule has 0 unspecified atom stereocenters. The second kappa shape index (κ2) is 14.0. The number of fused-ring (bicyclic) bond motifs is 5. The van der Waals surface area contributed by atoms with Gasteiger partial charge in [-0.2, -0.15) is 0 Å². The zero-order valence-corrected chi connectivity index (χ0v) is 30.5. The van der Waals surface area contributed by atoms with Crippen molar-refractivity contribution in [3.63, 3.8) is 0 Å². The highest BCUT2D eigenvalue weighted by molar-refractivity contribution is 6.67. The minimum atomic E-state index is -1.87. The number of Topliss-reactive ketones (excluding diaryl/α,β-unsaturated/α-hetero) is 1. The molecule has 5 aromatic carbocycles. The fourth-order valence-corrected chi connectivity index (χ4v) is 7.88. The van der Waals surface area contributed by atoms with Crippen LogP contribution in [0.4, 0.5) is 4.79 Å². The highest BCUT2D eigenvalue weighted by Crippen LogP contribution is 2.42. The number of nitrogens with zero attached hydrogens (tertiary/aromatic N) is 3. The molecule has 2 aliphatic heterocycles. The van der Waals surface area contributed by atoms with E-state index in [0.717, 1.165) is 32.5 Å². The maximum absolute atomic E-state index is 15.2. The summed E-state index contributed by atoms with van der Waals surface area (Å²) in [5.41, 5.74) is 3.12. The van der Waals surface area contributed by atoms with Crippen LogP contribution in [-0.4, -0.2) is 54.5 Å². The van der Waals surface area contributed by atoms with Crippen molar-refractivity contribution in [1.29, 1.82) is 0 Å². The predicted molar refractivity (Wildman–Crippen MR) is 208 cm³/mol. The summed E-state index contributed by atoms with van der Waals surface area (Å²) in [7, 11) is 0. The Morgan fingerprint density at radius 3 is 2.09 bits per heavy atom. The van der Waals surface area contributed by atoms with E-state index in [0.29, 0.717) is 28.8 Å². The highest BCUT2D eigenvalue weighted by atomic mass is 35.6. The van der Waals surface area contributed by atoms with Crippen LogP contribution < -0.4 is 0 Å². The Morgan fingerprint density at radius 1 is 0.792 bits per heavy atom. The van der Waals surface area contributed by atoms with E-state index in [1.54, 1.807) is 39.8 Å². The Hall–Kier alpha value is -5.15. The van der Waals surface area contributed by atoms with Crippen LogP contribution in [0.2, 0.25) is 0 Å². The zero-order chi connectivity index (χ0) is 36.9. The summed E-state index contributed by atoms with van der Waals surface area (Å²) in [6, 6.07) is 32.6. The lowest BCUT2D eigenvalue weighted by atomic mass is 9.95. The van der Waals surface area contributed by atoms with Crippen molar-refractivity contribution < 1.29 is 23.9 Å². The molecule has 0 spiro atoms. The minimum Gasteiger partial charge on any atom is -0.445 e. The standard InChI is InChI=1S/C42H32Cl3N3O5/c43-42(44,45)25-53-41(52)46-21-20-32-31-16-8-9-17-34(31)48(39(32)36(46)23-37(49)26-10-2-1-3-11-26)40(51)35-18-19-38(50)47(35)24-33-29-14-6-4-12-27(29)22-28-13-5-7-15-30(28)33/h1-17,20-22,35-36H,18-19,23-25H2/t35-,36-/m0/s1. The van der Waals surface area contributed by atoms with Crippen LogP contribution in [0.5, 0.6) is 0 Å². The van der Waals surface area contributed by atoms with E-state index >= 15 is 4.79 Å². The van der Waals surface area contributed by atoms with E-state index in [1.165, 1.54) is 11.1 Å². The second-order valence-electron chi connectivity index (χ2n) is 13.3. The molecule has 1 aromatic heterocycles. The molecule has 2 amide bonds. The SMILES string of the molecule is O=C(C[C@H]1c2c(c3ccccc3n2C(=O)[C@@H]2CCC(=O)N2Cc2c3ccccc3cc3ccccc23)C=CN1C(=O)OCC(Cl)(Cl)Cl)c1ccccc1. The lowest BCUT2D eigenvalue weighted by Crippen LogP contribution is -2.43. The number of para-hydroxylation sites is 1. The summed E-state index contributed by atoms with van der Waals surface area (Å²) < 4.78 is 5.12. The average Bonchev–Trinajstić information content (AvgIpc) is 3.71. The van der Waals surface area contributed by atoms with Crippen LogP contribution in [0.1, 0.15) is 57.3 Å². The zero-order valence-electron chi connectivity index (χ0n) is 28.3. The van der Waals surface area contributed by atoms with Crippen molar-refractivity contribution in [2.75, 3.05) is 6.61 Å². The molecule has 2 atom stereocenters. The predicted octanol–water partition coefficient (Wildman–Crippen LogP) is 9.89. The third kappa shape index (κ3) is 6.56. The first-order valence-corrected chi connectivity index (χ1v) is 18.4. The number of hydrogen-bond acceptors (Lipinski definition) is 5. The fraction of sp³-hybridized carbons (Fsp3) is 0.190. The third-order valence-electron chi connectivity index (χ3n) is 10.1. The van der Waals surface area contributed by atoms with E-state index in [1.807, 2.05) is 78.9 Å². The number of alkyl halides is 3. The van der Waals surface area contributed by atoms with Gasteiger partial charge in [0, 0.05) is 42.1 Å². The first kappa shape index (κ1) is 34.9. The lowest BCUT2D eigenvalue weighted by molar-refractivity contribution is -0.129. The van der Waals surface area contributed by atoms with Crippen LogP contribution in [-0.2, 0) is 16.1 Å². The van der Waals surface area contributed by atoms with E-state index in [-0.39, 0.29) is 37.0 Å². The van der Waals surface area contributed by atoms with Gasteiger partial charge in [0.25, 0.3) is 5.91 Å². The third-order valence-corrected chi connectivity index (χ3v) is 10.4. The van der Waals surface area contributed by atoms with E-state index in [9.17, 15) is 14.4 Å². The Kier molecular flexibility index (Phi) is 9.23. The number of ketones is 1. The van der Waals surface area contributed by atoms with E-state index < -0.39 is 28.6 Å². The Labute approximate surface area is 320 Å². The molecule has 266 valence electrons. The van der Waals surface area contributed by atoms with Gasteiger partial charge in [-0.15, -0.1) is 0 Å². The summed E-state index contributed by atoms with van der Waals surface area (Å²) in [6.07, 6.45) is 2.73.